The fourth-order valence-corrected chi connectivity index (χ4v) is 3.09. The highest BCUT2D eigenvalue weighted by Crippen LogP contribution is 2.26. The van der Waals surface area contributed by atoms with Gasteiger partial charge >= 0.3 is 6.03 Å². The van der Waals surface area contributed by atoms with Gasteiger partial charge in [-0.3, -0.25) is 14.5 Å². The topological polar surface area (TPSA) is 78.5 Å². The molecule has 0 spiro atoms. The van der Waals surface area contributed by atoms with Crippen LogP contribution in [0, 0.1) is 5.92 Å². The zero-order valence-electron chi connectivity index (χ0n) is 16.3. The van der Waals surface area contributed by atoms with Crippen molar-refractivity contribution >= 4 is 23.5 Å². The van der Waals surface area contributed by atoms with Crippen molar-refractivity contribution in [1.82, 2.24) is 10.2 Å². The molecule has 1 fully saturated rings. The van der Waals surface area contributed by atoms with Crippen molar-refractivity contribution in [2.45, 2.75) is 58.9 Å². The van der Waals surface area contributed by atoms with Gasteiger partial charge in [-0.15, -0.1) is 0 Å². The van der Waals surface area contributed by atoms with Crippen LogP contribution in [0.25, 0.3) is 0 Å². The molecular weight excluding hydrogens is 330 g/mol. The van der Waals surface area contributed by atoms with E-state index in [0.717, 1.165) is 16.9 Å². The van der Waals surface area contributed by atoms with E-state index in [-0.39, 0.29) is 24.3 Å². The van der Waals surface area contributed by atoms with Crippen LogP contribution in [-0.4, -0.2) is 34.8 Å². The van der Waals surface area contributed by atoms with Crippen molar-refractivity contribution < 1.29 is 14.4 Å². The number of para-hydroxylation sites is 1. The summed E-state index contributed by atoms with van der Waals surface area (Å²) in [5, 5.41) is 5.57. The standard InChI is InChI=1S/C20H29N3O3/c1-13(2)10-11-20(5)18(25)23(19(26)22-20)12-17(24)21-16-9-7-6-8-15(16)14(3)4/h6-9,13-14H,10-12H2,1-5H3,(H,21,24)(H,22,26)/t20-/m0/s1. The van der Waals surface area contributed by atoms with Gasteiger partial charge in [-0.25, -0.2) is 4.79 Å². The fourth-order valence-electron chi connectivity index (χ4n) is 3.09. The van der Waals surface area contributed by atoms with Crippen LogP contribution < -0.4 is 10.6 Å². The lowest BCUT2D eigenvalue weighted by Crippen LogP contribution is -2.44. The van der Waals surface area contributed by atoms with Crippen molar-refractivity contribution in [3.63, 3.8) is 0 Å². The van der Waals surface area contributed by atoms with Crippen molar-refractivity contribution in [3.05, 3.63) is 29.8 Å². The highest BCUT2D eigenvalue weighted by atomic mass is 16.2. The van der Waals surface area contributed by atoms with Gasteiger partial charge in [-0.1, -0.05) is 45.9 Å². The van der Waals surface area contributed by atoms with Gasteiger partial charge in [0.15, 0.2) is 0 Å². The molecule has 1 aliphatic heterocycles. The molecule has 1 saturated heterocycles. The summed E-state index contributed by atoms with van der Waals surface area (Å²) in [6, 6.07) is 7.04. The van der Waals surface area contributed by atoms with E-state index in [4.69, 9.17) is 0 Å². The van der Waals surface area contributed by atoms with Gasteiger partial charge in [-0.05, 0) is 43.2 Å². The minimum atomic E-state index is -0.933. The van der Waals surface area contributed by atoms with Crippen LogP contribution in [0.1, 0.15) is 58.9 Å². The molecule has 0 saturated carbocycles. The molecule has 1 heterocycles. The Labute approximate surface area is 155 Å². The monoisotopic (exact) mass is 359 g/mol. The average Bonchev–Trinajstić information content (AvgIpc) is 2.77. The summed E-state index contributed by atoms with van der Waals surface area (Å²) in [5.41, 5.74) is 0.791. The summed E-state index contributed by atoms with van der Waals surface area (Å²) >= 11 is 0. The molecule has 26 heavy (non-hydrogen) atoms. The minimum absolute atomic E-state index is 0.252. The molecule has 1 aromatic carbocycles. The lowest BCUT2D eigenvalue weighted by molar-refractivity contribution is -0.133. The number of urea groups is 1. The van der Waals surface area contributed by atoms with Gasteiger partial charge in [0, 0.05) is 5.69 Å². The molecular formula is C20H29N3O3. The van der Waals surface area contributed by atoms with E-state index < -0.39 is 11.6 Å². The van der Waals surface area contributed by atoms with Gasteiger partial charge in [0.05, 0.1) is 0 Å². The smallest absolute Gasteiger partial charge is 0.324 e. The molecule has 0 radical (unpaired) electrons. The predicted molar refractivity (Wildman–Crippen MR) is 102 cm³/mol. The second-order valence-electron chi connectivity index (χ2n) is 7.88. The Balaban J connectivity index is 2.05. The summed E-state index contributed by atoms with van der Waals surface area (Å²) in [7, 11) is 0. The molecule has 6 nitrogen and oxygen atoms in total. The quantitative estimate of drug-likeness (QED) is 0.732. The van der Waals surface area contributed by atoms with E-state index in [9.17, 15) is 14.4 Å². The van der Waals surface area contributed by atoms with Crippen LogP contribution in [0.4, 0.5) is 10.5 Å². The van der Waals surface area contributed by atoms with Crippen molar-refractivity contribution in [1.29, 1.82) is 0 Å². The zero-order chi connectivity index (χ0) is 19.5. The average molecular weight is 359 g/mol. The molecule has 0 aliphatic carbocycles. The Bertz CT molecular complexity index is 699. The molecule has 2 N–H and O–H groups in total. The van der Waals surface area contributed by atoms with E-state index in [2.05, 4.69) is 24.5 Å². The lowest BCUT2D eigenvalue weighted by atomic mass is 9.92. The summed E-state index contributed by atoms with van der Waals surface area (Å²) < 4.78 is 0. The number of nitrogens with zero attached hydrogens (tertiary/aromatic N) is 1. The second kappa shape index (κ2) is 7.89. The molecule has 4 amide bonds. The van der Waals surface area contributed by atoms with E-state index >= 15 is 0 Å². The normalized spacial score (nSPS) is 20.0. The third kappa shape index (κ3) is 4.42. The van der Waals surface area contributed by atoms with Crippen molar-refractivity contribution in [2.75, 3.05) is 11.9 Å². The van der Waals surface area contributed by atoms with Crippen LogP contribution in [0.5, 0.6) is 0 Å². The van der Waals surface area contributed by atoms with Gasteiger partial charge in [0.1, 0.15) is 12.1 Å². The first kappa shape index (κ1) is 19.9. The van der Waals surface area contributed by atoms with Gasteiger partial charge < -0.3 is 10.6 Å². The molecule has 0 bridgehead atoms. The van der Waals surface area contributed by atoms with Gasteiger partial charge in [-0.2, -0.15) is 0 Å². The number of anilines is 1. The van der Waals surface area contributed by atoms with E-state index in [0.29, 0.717) is 18.0 Å². The van der Waals surface area contributed by atoms with E-state index in [1.807, 2.05) is 38.1 Å². The zero-order valence-corrected chi connectivity index (χ0v) is 16.3. The molecule has 0 aromatic heterocycles. The summed E-state index contributed by atoms with van der Waals surface area (Å²) in [4.78, 5) is 38.3. The third-order valence-electron chi connectivity index (χ3n) is 4.73. The molecule has 6 heteroatoms. The predicted octanol–water partition coefficient (Wildman–Crippen LogP) is 3.50. The van der Waals surface area contributed by atoms with Crippen molar-refractivity contribution in [2.24, 2.45) is 5.92 Å². The Morgan fingerprint density at radius 2 is 1.85 bits per heavy atom. The summed E-state index contributed by atoms with van der Waals surface area (Å²) in [5.74, 6) is -0.0332. The van der Waals surface area contributed by atoms with Crippen molar-refractivity contribution in [3.8, 4) is 0 Å². The first-order valence-corrected chi connectivity index (χ1v) is 9.17. The number of rotatable bonds is 7. The highest BCUT2D eigenvalue weighted by molar-refractivity contribution is 6.10. The largest absolute Gasteiger partial charge is 0.325 e. The highest BCUT2D eigenvalue weighted by Gasteiger charge is 2.47. The summed E-state index contributed by atoms with van der Waals surface area (Å²) in [6.45, 7) is 9.67. The molecule has 0 unspecified atom stereocenters. The van der Waals surface area contributed by atoms with E-state index in [1.165, 1.54) is 0 Å². The first-order valence-electron chi connectivity index (χ1n) is 9.17. The number of hydrogen-bond acceptors (Lipinski definition) is 3. The number of amides is 4. The van der Waals surface area contributed by atoms with Gasteiger partial charge in [0.2, 0.25) is 5.91 Å². The molecule has 1 aliphatic rings. The van der Waals surface area contributed by atoms with Crippen LogP contribution in [-0.2, 0) is 9.59 Å². The van der Waals surface area contributed by atoms with Crippen LogP contribution in [0.15, 0.2) is 24.3 Å². The number of imide groups is 1. The van der Waals surface area contributed by atoms with Crippen LogP contribution >= 0.6 is 0 Å². The van der Waals surface area contributed by atoms with Crippen LogP contribution in [0.2, 0.25) is 0 Å². The number of hydrogen-bond donors (Lipinski definition) is 2. The maximum absolute atomic E-state index is 12.7. The Hall–Kier alpha value is -2.37. The van der Waals surface area contributed by atoms with Crippen LogP contribution in [0.3, 0.4) is 0 Å². The fraction of sp³-hybridized carbons (Fsp3) is 0.550. The van der Waals surface area contributed by atoms with E-state index in [1.54, 1.807) is 6.92 Å². The second-order valence-corrected chi connectivity index (χ2v) is 7.88. The summed E-state index contributed by atoms with van der Waals surface area (Å²) in [6.07, 6.45) is 1.38. The number of carbonyl (C=O) groups is 3. The Morgan fingerprint density at radius 1 is 1.19 bits per heavy atom. The Kier molecular flexibility index (Phi) is 6.05. The third-order valence-corrected chi connectivity index (χ3v) is 4.73. The Morgan fingerprint density at radius 3 is 2.46 bits per heavy atom. The molecule has 1 aromatic rings. The number of nitrogens with one attached hydrogen (secondary N) is 2. The van der Waals surface area contributed by atoms with Gasteiger partial charge in [0.25, 0.3) is 5.91 Å². The maximum Gasteiger partial charge on any atom is 0.325 e. The molecule has 1 atom stereocenters. The maximum atomic E-state index is 12.7. The first-order chi connectivity index (χ1) is 12.1. The minimum Gasteiger partial charge on any atom is -0.324 e. The number of benzene rings is 1. The molecule has 2 rings (SSSR count). The SMILES string of the molecule is CC(C)CC[C@]1(C)NC(=O)N(CC(=O)Nc2ccccc2C(C)C)C1=O. The lowest BCUT2D eigenvalue weighted by Gasteiger charge is -2.22. The number of carbonyl (C=O) groups excluding carboxylic acids is 3. The molecule has 142 valence electrons.